The number of aliphatic hydroxyl groups is 2. The van der Waals surface area contributed by atoms with Gasteiger partial charge in [-0.1, -0.05) is 6.07 Å². The van der Waals surface area contributed by atoms with E-state index in [0.29, 0.717) is 25.1 Å². The molecule has 0 radical (unpaired) electrons. The Morgan fingerprint density at radius 3 is 2.44 bits per heavy atom. The largest absolute Gasteiger partial charge is 0.504 e. The summed E-state index contributed by atoms with van der Waals surface area (Å²) in [6.45, 7) is 3.32. The summed E-state index contributed by atoms with van der Waals surface area (Å²) in [5.41, 5.74) is -0.217. The van der Waals surface area contributed by atoms with Gasteiger partial charge in [-0.2, -0.15) is 13.2 Å². The zero-order valence-corrected chi connectivity index (χ0v) is 21.2. The summed E-state index contributed by atoms with van der Waals surface area (Å²) in [5.74, 6) is -3.96. The number of likely N-dealkylation sites (tertiary alicyclic amines) is 1. The van der Waals surface area contributed by atoms with E-state index >= 15 is 0 Å². The molecule has 4 N–H and O–H groups in total. The molecule has 1 saturated heterocycles. The van der Waals surface area contributed by atoms with Crippen LogP contribution < -0.4 is 4.74 Å². The number of carbonyl (C=O) groups is 3. The lowest BCUT2D eigenvalue weighted by Gasteiger charge is -2.61. The van der Waals surface area contributed by atoms with Crippen molar-refractivity contribution in [1.29, 1.82) is 0 Å². The van der Waals surface area contributed by atoms with Crippen molar-refractivity contribution in [1.82, 2.24) is 4.90 Å². The van der Waals surface area contributed by atoms with Gasteiger partial charge >= 0.3 is 24.1 Å². The number of likely N-dealkylation sites (N-methyl/N-ethyl adjacent to an activating group) is 1. The summed E-state index contributed by atoms with van der Waals surface area (Å²) in [5, 5.41) is 39.0. The van der Waals surface area contributed by atoms with E-state index in [4.69, 9.17) is 24.1 Å². The highest BCUT2D eigenvalue weighted by atomic mass is 19.4. The van der Waals surface area contributed by atoms with Gasteiger partial charge in [0.05, 0.1) is 11.0 Å². The van der Waals surface area contributed by atoms with Crippen LogP contribution in [0.4, 0.5) is 13.2 Å². The van der Waals surface area contributed by atoms with Crippen molar-refractivity contribution in [3.8, 4) is 11.5 Å². The number of aromatic hydroxyl groups is 1. The molecular weight excluding hydrogens is 531 g/mol. The summed E-state index contributed by atoms with van der Waals surface area (Å²) in [6.07, 6.45) is -5.38. The van der Waals surface area contributed by atoms with Crippen LogP contribution in [0.15, 0.2) is 24.0 Å². The first kappa shape index (κ1) is 28.6. The lowest BCUT2D eigenvalue weighted by Crippen LogP contribution is -2.74. The van der Waals surface area contributed by atoms with Crippen LogP contribution in [0.1, 0.15) is 37.8 Å². The van der Waals surface area contributed by atoms with Crippen LogP contribution in [-0.4, -0.2) is 93.0 Å². The summed E-state index contributed by atoms with van der Waals surface area (Å²) in [6, 6.07) is 3.31. The highest BCUT2D eigenvalue weighted by Crippen LogP contribution is 2.65. The molecule has 2 aliphatic carbocycles. The summed E-state index contributed by atoms with van der Waals surface area (Å²) >= 11 is 0. The number of benzene rings is 1. The third-order valence-electron chi connectivity index (χ3n) is 7.78. The van der Waals surface area contributed by atoms with Gasteiger partial charge in [0.2, 0.25) is 0 Å². The Morgan fingerprint density at radius 1 is 1.21 bits per heavy atom. The number of carboxylic acids is 1. The molecule has 1 aromatic rings. The molecule has 14 heteroatoms. The van der Waals surface area contributed by atoms with Crippen molar-refractivity contribution < 1.29 is 62.2 Å². The molecule has 0 amide bonds. The zero-order valence-electron chi connectivity index (χ0n) is 21.2. The second-order valence-electron chi connectivity index (χ2n) is 10.1. The summed E-state index contributed by atoms with van der Waals surface area (Å²) in [4.78, 5) is 35.3. The van der Waals surface area contributed by atoms with Crippen LogP contribution in [0.5, 0.6) is 11.5 Å². The van der Waals surface area contributed by atoms with Crippen LogP contribution in [0.25, 0.3) is 0 Å². The Hall–Kier alpha value is -3.36. The standard InChI is InChI=1S/C23H27NO8.C2HF3O2/c1-11(25)20(27)30-12(2)21(28)31-15-6-7-23(29)16-10-13-4-5-14(26)18-17(13)22(23,19(15)32-18)8-9-24(16)3;3-2(4,5)1(6)7/h4-6,11-12,16,19,25-26,29H,7-10H2,1-3H3;(H,6,7)/t11-,12?,16+,19-,22-,23+;/m0./s1. The molecule has 1 aromatic carbocycles. The van der Waals surface area contributed by atoms with Crippen molar-refractivity contribution >= 4 is 17.9 Å². The van der Waals surface area contributed by atoms with Gasteiger partial charge in [-0.15, -0.1) is 0 Å². The van der Waals surface area contributed by atoms with Crippen LogP contribution in [0.3, 0.4) is 0 Å². The molecule has 214 valence electrons. The quantitative estimate of drug-likeness (QED) is 0.392. The topological polar surface area (TPSA) is 163 Å². The fourth-order valence-corrected chi connectivity index (χ4v) is 5.96. The van der Waals surface area contributed by atoms with E-state index in [9.17, 15) is 38.1 Å². The Morgan fingerprint density at radius 2 is 1.85 bits per heavy atom. The predicted molar refractivity (Wildman–Crippen MR) is 124 cm³/mol. The highest BCUT2D eigenvalue weighted by Gasteiger charge is 2.72. The van der Waals surface area contributed by atoms with Gasteiger partial charge in [0.1, 0.15) is 11.9 Å². The number of aliphatic carboxylic acids is 1. The average Bonchev–Trinajstić information content (AvgIpc) is 3.20. The number of esters is 2. The number of hydrogen-bond acceptors (Lipinski definition) is 10. The van der Waals surface area contributed by atoms with E-state index < -0.39 is 53.4 Å². The minimum Gasteiger partial charge on any atom is -0.504 e. The van der Waals surface area contributed by atoms with Crippen molar-refractivity contribution in [2.75, 3.05) is 13.6 Å². The predicted octanol–water partition coefficient (Wildman–Crippen LogP) is 1.16. The number of hydrogen-bond donors (Lipinski definition) is 4. The number of carboxylic acid groups (broad SMARTS) is 1. The van der Waals surface area contributed by atoms with Gasteiger partial charge in [0.25, 0.3) is 0 Å². The van der Waals surface area contributed by atoms with E-state index in [-0.39, 0.29) is 24.0 Å². The number of carbonyl (C=O) groups excluding carboxylic acids is 2. The lowest BCUT2D eigenvalue weighted by molar-refractivity contribution is -0.192. The van der Waals surface area contributed by atoms with E-state index in [0.717, 1.165) is 11.1 Å². The van der Waals surface area contributed by atoms with Crippen molar-refractivity contribution in [2.45, 2.75) is 74.7 Å². The molecule has 4 aliphatic rings. The van der Waals surface area contributed by atoms with Crippen molar-refractivity contribution in [2.24, 2.45) is 0 Å². The summed E-state index contributed by atoms with van der Waals surface area (Å²) in [7, 11) is 1.99. The molecule has 1 unspecified atom stereocenters. The van der Waals surface area contributed by atoms with Gasteiger partial charge in [0, 0.05) is 18.0 Å². The van der Waals surface area contributed by atoms with Gasteiger partial charge in [-0.3, -0.25) is 0 Å². The maximum absolute atomic E-state index is 12.7. The SMILES string of the molecule is CC(OC(=O)[C@H](C)O)C(=O)OC1=CC[C@@]2(O)[C@H]3Cc4ccc(O)c5c4[C@@]2(CCN3C)[C@H]1O5.O=C(O)C(F)(F)F. The van der Waals surface area contributed by atoms with Crippen LogP contribution in [0.2, 0.25) is 0 Å². The monoisotopic (exact) mass is 559 g/mol. The minimum atomic E-state index is -5.08. The van der Waals surface area contributed by atoms with E-state index in [1.54, 1.807) is 12.1 Å². The number of phenols is 1. The molecule has 2 aliphatic heterocycles. The Labute approximate surface area is 220 Å². The van der Waals surface area contributed by atoms with Crippen molar-refractivity contribution in [3.63, 3.8) is 0 Å². The fourth-order valence-electron chi connectivity index (χ4n) is 5.96. The lowest BCUT2D eigenvalue weighted by atomic mass is 9.50. The maximum Gasteiger partial charge on any atom is 0.490 e. The first-order valence-corrected chi connectivity index (χ1v) is 12.1. The van der Waals surface area contributed by atoms with Gasteiger partial charge in [0.15, 0.2) is 23.7 Å². The fraction of sp³-hybridized carbons (Fsp3) is 0.560. The molecular formula is C25H28F3NO10. The number of ether oxygens (including phenoxy) is 3. The number of nitrogens with zero attached hydrogens (tertiary/aromatic N) is 1. The maximum atomic E-state index is 12.7. The van der Waals surface area contributed by atoms with E-state index in [1.807, 2.05) is 13.1 Å². The first-order chi connectivity index (χ1) is 18.0. The Balaban J connectivity index is 0.000000448. The van der Waals surface area contributed by atoms with E-state index in [1.165, 1.54) is 13.8 Å². The number of rotatable bonds is 4. The van der Waals surface area contributed by atoms with Crippen LogP contribution >= 0.6 is 0 Å². The Kier molecular flexibility index (Phi) is 7.11. The minimum absolute atomic E-state index is 0.0165. The molecule has 0 aromatic heterocycles. The zero-order chi connectivity index (χ0) is 29.1. The number of alkyl halides is 3. The molecule has 0 saturated carbocycles. The number of halogens is 3. The molecule has 6 atom stereocenters. The van der Waals surface area contributed by atoms with Crippen LogP contribution in [-0.2, 0) is 35.7 Å². The van der Waals surface area contributed by atoms with Crippen LogP contribution in [0, 0.1) is 0 Å². The normalized spacial score (nSPS) is 29.9. The average molecular weight is 559 g/mol. The summed E-state index contributed by atoms with van der Waals surface area (Å²) < 4.78 is 48.5. The van der Waals surface area contributed by atoms with E-state index in [2.05, 4.69) is 4.90 Å². The molecule has 2 heterocycles. The highest BCUT2D eigenvalue weighted by molar-refractivity contribution is 5.81. The molecule has 1 spiro atoms. The second-order valence-corrected chi connectivity index (χ2v) is 10.1. The van der Waals surface area contributed by atoms with Gasteiger partial charge in [-0.05, 0) is 58.0 Å². The molecule has 2 bridgehead atoms. The number of phenolic OH excluding ortho intramolecular Hbond substituents is 1. The molecule has 1 fully saturated rings. The second kappa shape index (κ2) is 9.68. The van der Waals surface area contributed by atoms with Crippen molar-refractivity contribution in [3.05, 3.63) is 35.1 Å². The third kappa shape index (κ3) is 4.49. The van der Waals surface area contributed by atoms with Gasteiger partial charge in [-0.25, -0.2) is 14.4 Å². The number of piperidine rings is 1. The molecule has 5 rings (SSSR count). The third-order valence-corrected chi connectivity index (χ3v) is 7.78. The Bertz CT molecular complexity index is 1230. The molecule has 11 nitrogen and oxygen atoms in total. The molecule has 39 heavy (non-hydrogen) atoms. The first-order valence-electron chi connectivity index (χ1n) is 12.1. The number of aliphatic hydroxyl groups excluding tert-OH is 1. The smallest absolute Gasteiger partial charge is 0.490 e. The van der Waals surface area contributed by atoms with Gasteiger partial charge < -0.3 is 39.5 Å².